The Morgan fingerprint density at radius 3 is 2.13 bits per heavy atom. The summed E-state index contributed by atoms with van der Waals surface area (Å²) < 4.78 is 51.3. The Bertz CT molecular complexity index is 880. The van der Waals surface area contributed by atoms with Crippen molar-refractivity contribution in [3.05, 3.63) is 65.0 Å². The van der Waals surface area contributed by atoms with E-state index in [1.165, 1.54) is 12.1 Å². The van der Waals surface area contributed by atoms with Gasteiger partial charge in [-0.25, -0.2) is 13.2 Å². The van der Waals surface area contributed by atoms with Crippen LogP contribution in [0.2, 0.25) is 16.6 Å². The molecule has 0 radical (unpaired) electrons. The number of fused-ring (bicyclic) bond motifs is 1. The highest BCUT2D eigenvalue weighted by Gasteiger charge is 2.48. The molecular weight excluding hydrogens is 415 g/mol. The second kappa shape index (κ2) is 9.45. The predicted molar refractivity (Wildman–Crippen MR) is 121 cm³/mol. The summed E-state index contributed by atoms with van der Waals surface area (Å²) in [6, 6.07) is 7.41. The number of hydrogen-bond donors (Lipinski definition) is 0. The van der Waals surface area contributed by atoms with Gasteiger partial charge in [-0.15, -0.1) is 0 Å². The fraction of sp³-hybridized carbons (Fsp3) is 0.560. The molecule has 0 fully saturated rings. The highest BCUT2D eigenvalue weighted by molar-refractivity contribution is 6.77. The third kappa shape index (κ3) is 4.33. The molecule has 0 amide bonds. The molecule has 0 saturated carbocycles. The smallest absolute Gasteiger partial charge is 0.201 e. The molecule has 3 atom stereocenters. The van der Waals surface area contributed by atoms with Gasteiger partial charge in [0.05, 0.1) is 11.8 Å². The maximum absolute atomic E-state index is 15.8. The van der Waals surface area contributed by atoms with Crippen LogP contribution >= 0.6 is 0 Å². The zero-order valence-corrected chi connectivity index (χ0v) is 20.3. The van der Waals surface area contributed by atoms with Crippen LogP contribution in [0, 0.1) is 11.6 Å². The van der Waals surface area contributed by atoms with Gasteiger partial charge < -0.3 is 4.43 Å². The zero-order chi connectivity index (χ0) is 22.9. The molecule has 1 heterocycles. The summed E-state index contributed by atoms with van der Waals surface area (Å²) in [5.41, 5.74) is 2.25. The molecule has 1 aromatic carbocycles. The Kier molecular flexibility index (Phi) is 7.31. The van der Waals surface area contributed by atoms with E-state index in [4.69, 9.17) is 4.43 Å². The molecule has 3 rings (SSSR count). The number of benzene rings is 1. The molecule has 1 aromatic heterocycles. The van der Waals surface area contributed by atoms with Gasteiger partial charge in [-0.05, 0) is 47.2 Å². The molecule has 0 bridgehead atoms. The minimum absolute atomic E-state index is 0.0861. The van der Waals surface area contributed by atoms with Crippen LogP contribution in [0.4, 0.5) is 13.2 Å². The van der Waals surface area contributed by atoms with E-state index in [-0.39, 0.29) is 11.7 Å². The Labute approximate surface area is 185 Å². The quantitative estimate of drug-likeness (QED) is 0.328. The summed E-state index contributed by atoms with van der Waals surface area (Å²) in [5, 5.41) is 0. The van der Waals surface area contributed by atoms with E-state index in [0.29, 0.717) is 40.7 Å². The van der Waals surface area contributed by atoms with Crippen LogP contribution in [0.25, 0.3) is 0 Å². The fourth-order valence-electron chi connectivity index (χ4n) is 5.65. The molecule has 170 valence electrons. The molecule has 6 heteroatoms. The number of halogens is 3. The Morgan fingerprint density at radius 1 is 0.903 bits per heavy atom. The average Bonchev–Trinajstić information content (AvgIpc) is 2.84. The number of hydrogen-bond acceptors (Lipinski definition) is 2. The monoisotopic (exact) mass is 449 g/mol. The molecule has 31 heavy (non-hydrogen) atoms. The molecule has 2 nitrogen and oxygen atoms in total. The van der Waals surface area contributed by atoms with Gasteiger partial charge in [0.1, 0.15) is 6.17 Å². The van der Waals surface area contributed by atoms with Crippen molar-refractivity contribution >= 4 is 8.32 Å². The van der Waals surface area contributed by atoms with Crippen molar-refractivity contribution in [2.24, 2.45) is 0 Å². The van der Waals surface area contributed by atoms with Gasteiger partial charge in [0, 0.05) is 17.7 Å². The van der Waals surface area contributed by atoms with E-state index in [1.54, 1.807) is 18.3 Å². The van der Waals surface area contributed by atoms with Crippen molar-refractivity contribution in [1.82, 2.24) is 4.98 Å². The van der Waals surface area contributed by atoms with Crippen LogP contribution in [0.3, 0.4) is 0 Å². The number of nitrogens with zero attached hydrogens (tertiary/aromatic N) is 1. The number of pyridine rings is 1. The van der Waals surface area contributed by atoms with E-state index in [9.17, 15) is 8.78 Å². The van der Waals surface area contributed by atoms with Gasteiger partial charge in [-0.3, -0.25) is 4.98 Å². The predicted octanol–water partition coefficient (Wildman–Crippen LogP) is 8.18. The molecule has 1 aliphatic carbocycles. The van der Waals surface area contributed by atoms with Gasteiger partial charge >= 0.3 is 0 Å². The molecule has 2 aromatic rings. The lowest BCUT2D eigenvalue weighted by molar-refractivity contribution is 0.159. The molecule has 0 spiro atoms. The maximum atomic E-state index is 15.8. The van der Waals surface area contributed by atoms with Crippen LogP contribution in [0.5, 0.6) is 0 Å². The standard InChI is InChI=1S/C25H34F3NOSi/c1-15(2)31(16(3)4,17(5)6)30-22-13-12-19(18-9-7-11-21(26)24(18)28)23(27)20-10-8-14-29-25(20)22/h7-11,14-17,19,22-23H,12-13H2,1-6H3/t19-,22+,23+/m1/s1. The number of rotatable bonds is 6. The SMILES string of the molecule is CC(C)[Si](O[C@H]1CC[C@H](c2cccc(F)c2F)[C@H](F)c2cccnc21)(C(C)C)C(C)C. The van der Waals surface area contributed by atoms with Crippen LogP contribution in [-0.4, -0.2) is 13.3 Å². The lowest BCUT2D eigenvalue weighted by Crippen LogP contribution is -2.48. The van der Waals surface area contributed by atoms with Gasteiger partial charge in [-0.1, -0.05) is 59.7 Å². The van der Waals surface area contributed by atoms with Crippen molar-refractivity contribution in [3.8, 4) is 0 Å². The molecule has 0 saturated heterocycles. The minimum atomic E-state index is -2.25. The Morgan fingerprint density at radius 2 is 1.52 bits per heavy atom. The molecule has 0 unspecified atom stereocenters. The topological polar surface area (TPSA) is 22.1 Å². The first-order valence-electron chi connectivity index (χ1n) is 11.3. The van der Waals surface area contributed by atoms with Gasteiger partial charge in [0.15, 0.2) is 11.6 Å². The normalized spacial score (nSPS) is 22.1. The largest absolute Gasteiger partial charge is 0.408 e. The van der Waals surface area contributed by atoms with Crippen molar-refractivity contribution < 1.29 is 17.6 Å². The van der Waals surface area contributed by atoms with Crippen molar-refractivity contribution in [2.75, 3.05) is 0 Å². The van der Waals surface area contributed by atoms with Crippen LogP contribution in [0.15, 0.2) is 36.5 Å². The second-order valence-electron chi connectivity index (χ2n) is 9.63. The maximum Gasteiger partial charge on any atom is 0.201 e. The third-order valence-electron chi connectivity index (χ3n) is 7.00. The summed E-state index contributed by atoms with van der Waals surface area (Å²) in [5.74, 6) is -2.69. The lowest BCUT2D eigenvalue weighted by Gasteiger charge is -2.44. The van der Waals surface area contributed by atoms with Crippen LogP contribution in [0.1, 0.15) is 89.4 Å². The summed E-state index contributed by atoms with van der Waals surface area (Å²) in [4.78, 5) is 4.53. The summed E-state index contributed by atoms with van der Waals surface area (Å²) >= 11 is 0. The zero-order valence-electron chi connectivity index (χ0n) is 19.3. The minimum Gasteiger partial charge on any atom is -0.408 e. The third-order valence-corrected chi connectivity index (χ3v) is 13.1. The average molecular weight is 450 g/mol. The van der Waals surface area contributed by atoms with Crippen LogP contribution < -0.4 is 0 Å². The van der Waals surface area contributed by atoms with Crippen LogP contribution in [-0.2, 0) is 4.43 Å². The van der Waals surface area contributed by atoms with Crippen molar-refractivity contribution in [1.29, 1.82) is 0 Å². The molecule has 0 aliphatic heterocycles. The molecule has 0 N–H and O–H groups in total. The second-order valence-corrected chi connectivity index (χ2v) is 15.0. The van der Waals surface area contributed by atoms with Gasteiger partial charge in [0.25, 0.3) is 0 Å². The fourth-order valence-corrected chi connectivity index (χ4v) is 11.2. The first-order valence-corrected chi connectivity index (χ1v) is 13.5. The first-order chi connectivity index (χ1) is 14.6. The Balaban J connectivity index is 2.06. The summed E-state index contributed by atoms with van der Waals surface area (Å²) in [6.07, 6.45) is 0.721. The lowest BCUT2D eigenvalue weighted by atomic mass is 9.88. The van der Waals surface area contributed by atoms with E-state index < -0.39 is 32.0 Å². The van der Waals surface area contributed by atoms with E-state index in [0.717, 1.165) is 6.07 Å². The van der Waals surface area contributed by atoms with E-state index in [1.807, 2.05) is 0 Å². The summed E-state index contributed by atoms with van der Waals surface area (Å²) in [7, 11) is -2.25. The first kappa shape index (κ1) is 24.0. The highest BCUT2D eigenvalue weighted by Crippen LogP contribution is 2.50. The number of alkyl halides is 1. The summed E-state index contributed by atoms with van der Waals surface area (Å²) in [6.45, 7) is 13.3. The van der Waals surface area contributed by atoms with Crippen molar-refractivity contribution in [2.45, 2.75) is 89.2 Å². The van der Waals surface area contributed by atoms with Gasteiger partial charge in [0.2, 0.25) is 8.32 Å². The molecule has 1 aliphatic rings. The highest BCUT2D eigenvalue weighted by atomic mass is 28.4. The Hall–Kier alpha value is -1.66. The van der Waals surface area contributed by atoms with E-state index >= 15 is 4.39 Å². The van der Waals surface area contributed by atoms with E-state index in [2.05, 4.69) is 46.5 Å². The number of aromatic nitrogens is 1. The molecular formula is C25H34F3NOSi. The van der Waals surface area contributed by atoms with Gasteiger partial charge in [-0.2, -0.15) is 0 Å². The van der Waals surface area contributed by atoms with Crippen molar-refractivity contribution in [3.63, 3.8) is 0 Å².